The number of benzene rings is 1. The second-order valence-electron chi connectivity index (χ2n) is 6.00. The Balaban J connectivity index is 1.53. The van der Waals surface area contributed by atoms with Crippen LogP contribution in [0.2, 0.25) is 0 Å². The van der Waals surface area contributed by atoms with Gasteiger partial charge in [-0.3, -0.25) is 9.48 Å². The van der Waals surface area contributed by atoms with E-state index >= 15 is 0 Å². The van der Waals surface area contributed by atoms with Crippen LogP contribution < -0.4 is 10.1 Å². The molecule has 0 bridgehead atoms. The Morgan fingerprint density at radius 2 is 2.16 bits per heavy atom. The normalized spacial score (nSPS) is 16.9. The number of halogens is 3. The zero-order chi connectivity index (χ0) is 18.0. The first kappa shape index (κ1) is 17.3. The van der Waals surface area contributed by atoms with Gasteiger partial charge in [-0.25, -0.2) is 0 Å². The Kier molecular flexibility index (Phi) is 4.69. The summed E-state index contributed by atoms with van der Waals surface area (Å²) in [6.07, 6.45) is -3.88. The third kappa shape index (κ3) is 3.94. The lowest BCUT2D eigenvalue weighted by molar-refractivity contribution is -0.141. The van der Waals surface area contributed by atoms with Crippen molar-refractivity contribution in [2.75, 3.05) is 13.2 Å². The van der Waals surface area contributed by atoms with Crippen LogP contribution in [0.15, 0.2) is 30.3 Å². The van der Waals surface area contributed by atoms with Crippen molar-refractivity contribution in [1.29, 1.82) is 0 Å². The number of carbonyl (C=O) groups is 1. The van der Waals surface area contributed by atoms with Crippen molar-refractivity contribution < 1.29 is 22.7 Å². The third-order valence-electron chi connectivity index (χ3n) is 4.14. The molecule has 1 aromatic carbocycles. The molecule has 1 aliphatic heterocycles. The van der Waals surface area contributed by atoms with Crippen molar-refractivity contribution in [3.63, 3.8) is 0 Å². The van der Waals surface area contributed by atoms with E-state index in [9.17, 15) is 18.0 Å². The van der Waals surface area contributed by atoms with Gasteiger partial charge >= 0.3 is 6.18 Å². The van der Waals surface area contributed by atoms with E-state index < -0.39 is 11.9 Å². The molecule has 0 unspecified atom stereocenters. The third-order valence-corrected chi connectivity index (χ3v) is 4.14. The first-order valence-corrected chi connectivity index (χ1v) is 7.94. The highest BCUT2D eigenvalue weighted by Crippen LogP contribution is 2.28. The van der Waals surface area contributed by atoms with E-state index in [0.717, 1.165) is 17.4 Å². The van der Waals surface area contributed by atoms with E-state index in [1.165, 1.54) is 4.68 Å². The summed E-state index contributed by atoms with van der Waals surface area (Å²) in [4.78, 5) is 12.2. The highest BCUT2D eigenvalue weighted by Gasteiger charge is 2.34. The van der Waals surface area contributed by atoms with Gasteiger partial charge in [-0.05, 0) is 31.0 Å². The Labute approximate surface area is 142 Å². The monoisotopic (exact) mass is 353 g/mol. The highest BCUT2D eigenvalue weighted by molar-refractivity contribution is 5.79. The van der Waals surface area contributed by atoms with Gasteiger partial charge in [-0.2, -0.15) is 18.3 Å². The molecule has 0 spiro atoms. The Morgan fingerprint density at radius 1 is 1.40 bits per heavy atom. The first-order valence-electron chi connectivity index (χ1n) is 7.94. The van der Waals surface area contributed by atoms with Gasteiger partial charge in [0.1, 0.15) is 12.4 Å². The molecule has 2 heterocycles. The van der Waals surface area contributed by atoms with Crippen LogP contribution in [0.4, 0.5) is 13.2 Å². The number of aryl methyl sites for hydroxylation is 1. The van der Waals surface area contributed by atoms with E-state index in [1.54, 1.807) is 6.92 Å². The molecular formula is C17H18F3N3O2. The number of hydrogen-bond acceptors (Lipinski definition) is 3. The lowest BCUT2D eigenvalue weighted by Crippen LogP contribution is -2.38. The van der Waals surface area contributed by atoms with Gasteiger partial charge in [0.05, 0.1) is 12.5 Å². The van der Waals surface area contributed by atoms with Crippen LogP contribution in [0.25, 0.3) is 0 Å². The fraction of sp³-hybridized carbons (Fsp3) is 0.412. The van der Waals surface area contributed by atoms with Crippen molar-refractivity contribution in [2.24, 2.45) is 5.92 Å². The summed E-state index contributed by atoms with van der Waals surface area (Å²) < 4.78 is 44.7. The summed E-state index contributed by atoms with van der Waals surface area (Å²) in [5.74, 6) is 0.313. The SMILES string of the molecule is Cc1cc(C(F)(F)F)nn1CCNC(=O)[C@@H]1COc2ccccc2C1. The molecule has 2 aromatic rings. The van der Waals surface area contributed by atoms with Gasteiger partial charge in [-0.15, -0.1) is 0 Å². The minimum absolute atomic E-state index is 0.171. The Morgan fingerprint density at radius 3 is 2.88 bits per heavy atom. The fourth-order valence-electron chi connectivity index (χ4n) is 2.80. The molecule has 8 heteroatoms. The molecule has 0 aliphatic carbocycles. The molecule has 0 radical (unpaired) electrons. The van der Waals surface area contributed by atoms with Crippen LogP contribution in [0.1, 0.15) is 17.0 Å². The number of fused-ring (bicyclic) bond motifs is 1. The quantitative estimate of drug-likeness (QED) is 0.919. The maximum Gasteiger partial charge on any atom is 0.435 e. The number of nitrogens with one attached hydrogen (secondary N) is 1. The molecular weight excluding hydrogens is 335 g/mol. The maximum atomic E-state index is 12.6. The number of aromatic nitrogens is 2. The number of ether oxygens (including phenoxy) is 1. The zero-order valence-corrected chi connectivity index (χ0v) is 13.6. The molecule has 5 nitrogen and oxygen atoms in total. The predicted octanol–water partition coefficient (Wildman–Crippen LogP) is 2.58. The number of alkyl halides is 3. The molecule has 1 atom stereocenters. The van der Waals surface area contributed by atoms with Crippen molar-refractivity contribution in [3.8, 4) is 5.75 Å². The van der Waals surface area contributed by atoms with Gasteiger partial charge < -0.3 is 10.1 Å². The fourth-order valence-corrected chi connectivity index (χ4v) is 2.80. The molecule has 3 rings (SSSR count). The zero-order valence-electron chi connectivity index (χ0n) is 13.6. The summed E-state index contributed by atoms with van der Waals surface area (Å²) in [5.41, 5.74) is 0.455. The Bertz CT molecular complexity index is 771. The molecule has 0 saturated heterocycles. The topological polar surface area (TPSA) is 56.2 Å². The smallest absolute Gasteiger partial charge is 0.435 e. The van der Waals surface area contributed by atoms with E-state index in [4.69, 9.17) is 4.74 Å². The van der Waals surface area contributed by atoms with Crippen LogP contribution in [0, 0.1) is 12.8 Å². The van der Waals surface area contributed by atoms with Gasteiger partial charge in [0, 0.05) is 12.2 Å². The predicted molar refractivity (Wildman–Crippen MR) is 84.1 cm³/mol. The molecule has 25 heavy (non-hydrogen) atoms. The van der Waals surface area contributed by atoms with Gasteiger partial charge in [-0.1, -0.05) is 18.2 Å². The number of para-hydroxylation sites is 1. The van der Waals surface area contributed by atoms with Crippen LogP contribution in [-0.4, -0.2) is 28.8 Å². The second kappa shape index (κ2) is 6.78. The first-order chi connectivity index (χ1) is 11.8. The van der Waals surface area contributed by atoms with Crippen LogP contribution in [0.5, 0.6) is 5.75 Å². The number of carbonyl (C=O) groups excluding carboxylic acids is 1. The average molecular weight is 353 g/mol. The summed E-state index contributed by atoms with van der Waals surface area (Å²) >= 11 is 0. The molecule has 1 amide bonds. The highest BCUT2D eigenvalue weighted by atomic mass is 19.4. The van der Waals surface area contributed by atoms with E-state index in [2.05, 4.69) is 10.4 Å². The van der Waals surface area contributed by atoms with Crippen molar-refractivity contribution in [3.05, 3.63) is 47.3 Å². The van der Waals surface area contributed by atoms with Gasteiger partial charge in [0.15, 0.2) is 5.69 Å². The minimum atomic E-state index is -4.47. The lowest BCUT2D eigenvalue weighted by atomic mass is 9.96. The standard InChI is InChI=1S/C17H18F3N3O2/c1-11-8-15(17(18,19)20)22-23(11)7-6-21-16(24)13-9-12-4-2-3-5-14(12)25-10-13/h2-5,8,13H,6-7,9-10H2,1H3,(H,21,24)/t13-/m0/s1. The van der Waals surface area contributed by atoms with E-state index in [1.807, 2.05) is 24.3 Å². The van der Waals surface area contributed by atoms with Crippen molar-refractivity contribution in [2.45, 2.75) is 26.1 Å². The lowest BCUT2D eigenvalue weighted by Gasteiger charge is -2.24. The molecule has 134 valence electrons. The molecule has 1 aromatic heterocycles. The summed E-state index contributed by atoms with van der Waals surface area (Å²) in [7, 11) is 0. The number of nitrogens with zero attached hydrogens (tertiary/aromatic N) is 2. The minimum Gasteiger partial charge on any atom is -0.492 e. The molecule has 0 saturated carbocycles. The average Bonchev–Trinajstić information content (AvgIpc) is 2.95. The number of rotatable bonds is 4. The van der Waals surface area contributed by atoms with Crippen molar-refractivity contribution in [1.82, 2.24) is 15.1 Å². The summed E-state index contributed by atoms with van der Waals surface area (Å²) in [6.45, 7) is 2.23. The molecule has 1 N–H and O–H groups in total. The van der Waals surface area contributed by atoms with Gasteiger partial charge in [0.25, 0.3) is 0 Å². The Hall–Kier alpha value is -2.51. The largest absolute Gasteiger partial charge is 0.492 e. The molecule has 0 fully saturated rings. The van der Waals surface area contributed by atoms with E-state index in [0.29, 0.717) is 18.7 Å². The van der Waals surface area contributed by atoms with Crippen molar-refractivity contribution >= 4 is 5.91 Å². The second-order valence-corrected chi connectivity index (χ2v) is 6.00. The summed E-state index contributed by atoms with van der Waals surface area (Å²) in [5, 5.41) is 6.28. The number of amides is 1. The summed E-state index contributed by atoms with van der Waals surface area (Å²) in [6, 6.07) is 8.54. The van der Waals surface area contributed by atoms with Gasteiger partial charge in [0.2, 0.25) is 5.91 Å². The maximum absolute atomic E-state index is 12.6. The van der Waals surface area contributed by atoms with Crippen LogP contribution >= 0.6 is 0 Å². The van der Waals surface area contributed by atoms with E-state index in [-0.39, 0.29) is 24.9 Å². The van der Waals surface area contributed by atoms with Crippen LogP contribution in [0.3, 0.4) is 0 Å². The van der Waals surface area contributed by atoms with Crippen LogP contribution in [-0.2, 0) is 23.9 Å². The number of hydrogen-bond donors (Lipinski definition) is 1. The molecule has 1 aliphatic rings.